The summed E-state index contributed by atoms with van der Waals surface area (Å²) in [5.74, 6) is 1.41. The van der Waals surface area contributed by atoms with Crippen LogP contribution in [0.25, 0.3) is 0 Å². The van der Waals surface area contributed by atoms with Crippen molar-refractivity contribution in [2.75, 3.05) is 25.5 Å². The number of ether oxygens (including phenoxy) is 1. The molecule has 0 saturated carbocycles. The number of rotatable bonds is 7. The lowest BCUT2D eigenvalue weighted by Crippen LogP contribution is -2.41. The fraction of sp³-hybridized carbons (Fsp3) is 0.588. The molecule has 2 amide bonds. The van der Waals surface area contributed by atoms with Crippen molar-refractivity contribution in [2.24, 2.45) is 5.92 Å². The van der Waals surface area contributed by atoms with Crippen LogP contribution in [0.15, 0.2) is 24.3 Å². The standard InChI is InChI=1S/C17H28N2O3/c1-13(2)10-11-22-15-8-6-14(7-9-15)18-16(20)19(5)12-17(3,4)21/h6-9,13,21H,10-12H2,1-5H3,(H,18,20). The summed E-state index contributed by atoms with van der Waals surface area (Å²) in [4.78, 5) is 13.4. The van der Waals surface area contributed by atoms with Crippen LogP contribution in [0.3, 0.4) is 0 Å². The van der Waals surface area contributed by atoms with Crippen LogP contribution in [0.2, 0.25) is 0 Å². The Kier molecular flexibility index (Phi) is 6.68. The molecule has 5 nitrogen and oxygen atoms in total. The van der Waals surface area contributed by atoms with Gasteiger partial charge in [0.25, 0.3) is 0 Å². The highest BCUT2D eigenvalue weighted by molar-refractivity contribution is 5.89. The van der Waals surface area contributed by atoms with Crippen molar-refractivity contribution in [1.82, 2.24) is 4.90 Å². The Balaban J connectivity index is 2.48. The topological polar surface area (TPSA) is 61.8 Å². The van der Waals surface area contributed by atoms with Crippen molar-refractivity contribution in [2.45, 2.75) is 39.7 Å². The second-order valence-corrected chi connectivity index (χ2v) is 6.65. The number of benzene rings is 1. The number of carbonyl (C=O) groups is 1. The first-order chi connectivity index (χ1) is 10.2. The van der Waals surface area contributed by atoms with Gasteiger partial charge in [-0.1, -0.05) is 13.8 Å². The molecule has 0 aliphatic carbocycles. The summed E-state index contributed by atoms with van der Waals surface area (Å²) < 4.78 is 5.63. The molecule has 0 atom stereocenters. The Morgan fingerprint density at radius 3 is 2.41 bits per heavy atom. The quantitative estimate of drug-likeness (QED) is 0.812. The molecule has 0 spiro atoms. The number of anilines is 1. The lowest BCUT2D eigenvalue weighted by Gasteiger charge is -2.25. The van der Waals surface area contributed by atoms with Gasteiger partial charge in [-0.25, -0.2) is 4.79 Å². The smallest absolute Gasteiger partial charge is 0.321 e. The van der Waals surface area contributed by atoms with Crippen molar-refractivity contribution in [3.8, 4) is 5.75 Å². The molecule has 5 heteroatoms. The van der Waals surface area contributed by atoms with Crippen LogP contribution in [0.1, 0.15) is 34.1 Å². The maximum absolute atomic E-state index is 12.0. The molecule has 0 aliphatic rings. The molecular formula is C17H28N2O3. The van der Waals surface area contributed by atoms with E-state index in [4.69, 9.17) is 4.74 Å². The van der Waals surface area contributed by atoms with E-state index in [9.17, 15) is 9.90 Å². The van der Waals surface area contributed by atoms with Gasteiger partial charge in [-0.05, 0) is 50.5 Å². The molecule has 1 rings (SSSR count). The van der Waals surface area contributed by atoms with Gasteiger partial charge in [0.15, 0.2) is 0 Å². The molecule has 0 unspecified atom stereocenters. The lowest BCUT2D eigenvalue weighted by molar-refractivity contribution is 0.0550. The van der Waals surface area contributed by atoms with E-state index >= 15 is 0 Å². The highest BCUT2D eigenvalue weighted by Gasteiger charge is 2.19. The van der Waals surface area contributed by atoms with E-state index in [-0.39, 0.29) is 12.6 Å². The van der Waals surface area contributed by atoms with Gasteiger partial charge in [0.1, 0.15) is 5.75 Å². The van der Waals surface area contributed by atoms with E-state index in [1.165, 1.54) is 4.90 Å². The van der Waals surface area contributed by atoms with Gasteiger partial charge in [0.2, 0.25) is 0 Å². The molecule has 0 radical (unpaired) electrons. The number of nitrogens with zero attached hydrogens (tertiary/aromatic N) is 1. The minimum absolute atomic E-state index is 0.254. The average molecular weight is 308 g/mol. The number of hydrogen-bond donors (Lipinski definition) is 2. The molecule has 1 aromatic carbocycles. The molecule has 0 aromatic heterocycles. The Morgan fingerprint density at radius 1 is 1.32 bits per heavy atom. The second kappa shape index (κ2) is 8.03. The lowest BCUT2D eigenvalue weighted by atomic mass is 10.1. The average Bonchev–Trinajstić information content (AvgIpc) is 2.38. The molecular weight excluding hydrogens is 280 g/mol. The summed E-state index contributed by atoms with van der Waals surface area (Å²) in [6.07, 6.45) is 1.01. The first kappa shape index (κ1) is 18.3. The third-order valence-corrected chi connectivity index (χ3v) is 3.04. The number of likely N-dealkylation sites (N-methyl/N-ethyl adjacent to an activating group) is 1. The van der Waals surface area contributed by atoms with Crippen LogP contribution in [0.5, 0.6) is 5.75 Å². The normalized spacial score (nSPS) is 11.4. The van der Waals surface area contributed by atoms with Gasteiger partial charge in [0.05, 0.1) is 18.8 Å². The number of carbonyl (C=O) groups excluding carboxylic acids is 1. The molecule has 0 fully saturated rings. The summed E-state index contributed by atoms with van der Waals surface area (Å²) >= 11 is 0. The Hall–Kier alpha value is -1.75. The monoisotopic (exact) mass is 308 g/mol. The van der Waals surface area contributed by atoms with Crippen LogP contribution in [0, 0.1) is 5.92 Å². The number of nitrogens with one attached hydrogen (secondary N) is 1. The molecule has 0 aliphatic heterocycles. The van der Waals surface area contributed by atoms with E-state index < -0.39 is 5.60 Å². The van der Waals surface area contributed by atoms with E-state index in [1.807, 2.05) is 12.1 Å². The SMILES string of the molecule is CC(C)CCOc1ccc(NC(=O)N(C)CC(C)(C)O)cc1. The highest BCUT2D eigenvalue weighted by Crippen LogP contribution is 2.17. The minimum atomic E-state index is -0.916. The summed E-state index contributed by atoms with van der Waals surface area (Å²) in [5.41, 5.74) is -0.218. The molecule has 0 heterocycles. The summed E-state index contributed by atoms with van der Waals surface area (Å²) in [5, 5.41) is 12.5. The van der Waals surface area contributed by atoms with Crippen LogP contribution < -0.4 is 10.1 Å². The van der Waals surface area contributed by atoms with Gasteiger partial charge in [-0.3, -0.25) is 0 Å². The van der Waals surface area contributed by atoms with Crippen molar-refractivity contribution in [3.05, 3.63) is 24.3 Å². The van der Waals surface area contributed by atoms with Gasteiger partial charge in [-0.2, -0.15) is 0 Å². The zero-order valence-corrected chi connectivity index (χ0v) is 14.2. The van der Waals surface area contributed by atoms with E-state index in [1.54, 1.807) is 33.0 Å². The third kappa shape index (κ3) is 7.31. The molecule has 1 aromatic rings. The Labute approximate surface area is 133 Å². The van der Waals surface area contributed by atoms with Gasteiger partial charge in [-0.15, -0.1) is 0 Å². The Bertz CT molecular complexity index is 464. The van der Waals surface area contributed by atoms with Gasteiger partial charge < -0.3 is 20.1 Å². The molecule has 0 saturated heterocycles. The van der Waals surface area contributed by atoms with Crippen LogP contribution in [-0.2, 0) is 0 Å². The fourth-order valence-electron chi connectivity index (χ4n) is 1.92. The predicted molar refractivity (Wildman–Crippen MR) is 89.3 cm³/mol. The van der Waals surface area contributed by atoms with Gasteiger partial charge in [0, 0.05) is 12.7 Å². The molecule has 2 N–H and O–H groups in total. The Morgan fingerprint density at radius 2 is 1.91 bits per heavy atom. The summed E-state index contributed by atoms with van der Waals surface area (Å²) in [6.45, 7) is 8.60. The summed E-state index contributed by atoms with van der Waals surface area (Å²) in [6, 6.07) is 7.04. The van der Waals surface area contributed by atoms with Crippen molar-refractivity contribution in [1.29, 1.82) is 0 Å². The zero-order valence-electron chi connectivity index (χ0n) is 14.2. The van der Waals surface area contributed by atoms with Crippen molar-refractivity contribution < 1.29 is 14.6 Å². The number of urea groups is 1. The predicted octanol–water partition coefficient (Wildman–Crippen LogP) is 3.35. The molecule has 22 heavy (non-hydrogen) atoms. The summed E-state index contributed by atoms with van der Waals surface area (Å²) in [7, 11) is 1.65. The van der Waals surface area contributed by atoms with E-state index in [2.05, 4.69) is 19.2 Å². The highest BCUT2D eigenvalue weighted by atomic mass is 16.5. The van der Waals surface area contributed by atoms with E-state index in [0.717, 1.165) is 12.2 Å². The van der Waals surface area contributed by atoms with Crippen molar-refractivity contribution in [3.63, 3.8) is 0 Å². The zero-order chi connectivity index (χ0) is 16.8. The largest absolute Gasteiger partial charge is 0.494 e. The second-order valence-electron chi connectivity index (χ2n) is 6.65. The number of amides is 2. The molecule has 0 bridgehead atoms. The van der Waals surface area contributed by atoms with E-state index in [0.29, 0.717) is 18.2 Å². The van der Waals surface area contributed by atoms with Crippen molar-refractivity contribution >= 4 is 11.7 Å². The maximum atomic E-state index is 12.0. The van der Waals surface area contributed by atoms with Crippen LogP contribution >= 0.6 is 0 Å². The fourth-order valence-corrected chi connectivity index (χ4v) is 1.92. The first-order valence-corrected chi connectivity index (χ1v) is 7.65. The third-order valence-electron chi connectivity index (χ3n) is 3.04. The maximum Gasteiger partial charge on any atom is 0.321 e. The van der Waals surface area contributed by atoms with Crippen LogP contribution in [0.4, 0.5) is 10.5 Å². The van der Waals surface area contributed by atoms with Gasteiger partial charge >= 0.3 is 6.03 Å². The number of aliphatic hydroxyl groups is 1. The number of hydrogen-bond acceptors (Lipinski definition) is 3. The first-order valence-electron chi connectivity index (χ1n) is 7.65. The minimum Gasteiger partial charge on any atom is -0.494 e. The van der Waals surface area contributed by atoms with Crippen LogP contribution in [-0.4, -0.2) is 41.8 Å². The molecule has 124 valence electrons.